The molecule has 6 heteroatoms. The summed E-state index contributed by atoms with van der Waals surface area (Å²) in [6.45, 7) is 3.84. The Labute approximate surface area is 101 Å². The lowest BCUT2D eigenvalue weighted by Gasteiger charge is -2.16. The van der Waals surface area contributed by atoms with E-state index in [0.717, 1.165) is 0 Å². The summed E-state index contributed by atoms with van der Waals surface area (Å²) < 4.78 is 0. The number of nitrogens with two attached hydrogens (primary N) is 1. The smallest absolute Gasteiger partial charge is 0.239 e. The number of carbonyl (C=O) groups is 3. The highest BCUT2D eigenvalue weighted by Gasteiger charge is 2.22. The quantitative estimate of drug-likeness (QED) is 0.555. The van der Waals surface area contributed by atoms with Crippen LogP contribution in [0, 0.1) is 11.8 Å². The molecule has 0 saturated carbocycles. The minimum absolute atomic E-state index is 0.0117. The number of likely N-dealkylation sites (N-methyl/N-ethyl adjacent to an activating group) is 1. The molecule has 0 aliphatic heterocycles. The lowest BCUT2D eigenvalue weighted by Crippen LogP contribution is -2.39. The van der Waals surface area contributed by atoms with Gasteiger partial charge in [0.2, 0.25) is 17.7 Å². The van der Waals surface area contributed by atoms with Gasteiger partial charge in [-0.3, -0.25) is 14.4 Å². The van der Waals surface area contributed by atoms with Crippen LogP contribution in [0.15, 0.2) is 0 Å². The maximum Gasteiger partial charge on any atom is 0.239 e. The van der Waals surface area contributed by atoms with Crippen LogP contribution in [0.25, 0.3) is 0 Å². The number of rotatable bonds is 7. The highest BCUT2D eigenvalue weighted by molar-refractivity contribution is 5.88. The Bertz CT molecular complexity index is 290. The van der Waals surface area contributed by atoms with Crippen LogP contribution in [0.4, 0.5) is 0 Å². The average Bonchev–Trinajstić information content (AvgIpc) is 2.23. The van der Waals surface area contributed by atoms with Gasteiger partial charge in [-0.15, -0.1) is 0 Å². The van der Waals surface area contributed by atoms with Gasteiger partial charge in [0.05, 0.1) is 6.54 Å². The first-order valence-electron chi connectivity index (χ1n) is 5.63. The van der Waals surface area contributed by atoms with Gasteiger partial charge >= 0.3 is 0 Å². The molecular formula is C11H21N3O3. The van der Waals surface area contributed by atoms with Crippen LogP contribution in [-0.4, -0.2) is 31.3 Å². The van der Waals surface area contributed by atoms with Gasteiger partial charge in [-0.25, -0.2) is 0 Å². The molecule has 3 amide bonds. The number of hydrogen-bond donors (Lipinski definition) is 3. The van der Waals surface area contributed by atoms with Gasteiger partial charge < -0.3 is 16.4 Å². The van der Waals surface area contributed by atoms with E-state index in [1.165, 1.54) is 7.05 Å². The fraction of sp³-hybridized carbons (Fsp3) is 0.727. The molecule has 0 bridgehead atoms. The monoisotopic (exact) mass is 243 g/mol. The molecule has 0 aromatic heterocycles. The number of primary amides is 1. The van der Waals surface area contributed by atoms with Crippen molar-refractivity contribution in [2.24, 2.45) is 17.6 Å². The highest BCUT2D eigenvalue weighted by atomic mass is 16.2. The van der Waals surface area contributed by atoms with E-state index in [-0.39, 0.29) is 30.7 Å². The summed E-state index contributed by atoms with van der Waals surface area (Å²) in [5.74, 6) is -1.27. The molecular weight excluding hydrogens is 222 g/mol. The van der Waals surface area contributed by atoms with Crippen molar-refractivity contribution in [2.45, 2.75) is 26.7 Å². The topological polar surface area (TPSA) is 101 Å². The summed E-state index contributed by atoms with van der Waals surface area (Å²) in [7, 11) is 1.49. The van der Waals surface area contributed by atoms with Crippen LogP contribution in [0.3, 0.4) is 0 Å². The molecule has 0 rings (SSSR count). The average molecular weight is 243 g/mol. The summed E-state index contributed by atoms with van der Waals surface area (Å²) in [6.07, 6.45) is 0.584. The fourth-order valence-corrected chi connectivity index (χ4v) is 1.50. The minimum Gasteiger partial charge on any atom is -0.370 e. The summed E-state index contributed by atoms with van der Waals surface area (Å²) in [4.78, 5) is 33.6. The Kier molecular flexibility index (Phi) is 6.93. The predicted molar refractivity (Wildman–Crippen MR) is 63.8 cm³/mol. The second-order valence-electron chi connectivity index (χ2n) is 4.39. The molecule has 0 spiro atoms. The number of carbonyl (C=O) groups excluding carboxylic acids is 3. The molecule has 0 unspecified atom stereocenters. The molecule has 0 fully saturated rings. The van der Waals surface area contributed by atoms with E-state index in [4.69, 9.17) is 5.73 Å². The van der Waals surface area contributed by atoms with Crippen molar-refractivity contribution in [1.29, 1.82) is 0 Å². The Morgan fingerprint density at radius 1 is 1.24 bits per heavy atom. The van der Waals surface area contributed by atoms with E-state index in [9.17, 15) is 14.4 Å². The zero-order valence-corrected chi connectivity index (χ0v) is 10.6. The van der Waals surface area contributed by atoms with Crippen LogP contribution < -0.4 is 16.4 Å². The van der Waals surface area contributed by atoms with Gasteiger partial charge in [0.25, 0.3) is 0 Å². The van der Waals surface area contributed by atoms with E-state index < -0.39 is 11.8 Å². The molecule has 0 radical (unpaired) electrons. The highest BCUT2D eigenvalue weighted by Crippen LogP contribution is 2.15. The van der Waals surface area contributed by atoms with Gasteiger partial charge in [0, 0.05) is 19.4 Å². The molecule has 0 saturated heterocycles. The predicted octanol–water partition coefficient (Wildman–Crippen LogP) is -0.614. The maximum atomic E-state index is 11.7. The van der Waals surface area contributed by atoms with Crippen LogP contribution in [0.5, 0.6) is 0 Å². The fourth-order valence-electron chi connectivity index (χ4n) is 1.50. The third-order valence-electron chi connectivity index (χ3n) is 2.28. The number of nitrogens with one attached hydrogen (secondary N) is 2. The van der Waals surface area contributed by atoms with E-state index in [0.29, 0.717) is 6.42 Å². The molecule has 0 aliphatic rings. The molecule has 1 atom stereocenters. The van der Waals surface area contributed by atoms with Crippen molar-refractivity contribution >= 4 is 17.7 Å². The van der Waals surface area contributed by atoms with Crippen LogP contribution >= 0.6 is 0 Å². The lowest BCUT2D eigenvalue weighted by molar-refractivity contribution is -0.131. The standard InChI is InChI=1S/C11H21N3O3/c1-7(2)4-8(5-9(12)15)11(17)14-6-10(16)13-3/h7-8H,4-6H2,1-3H3,(H2,12,15)(H,13,16)(H,14,17)/t8-/m1/s1. The van der Waals surface area contributed by atoms with Crippen molar-refractivity contribution in [3.63, 3.8) is 0 Å². The Hall–Kier alpha value is -1.59. The van der Waals surface area contributed by atoms with Gasteiger partial charge in [-0.05, 0) is 12.3 Å². The SMILES string of the molecule is CNC(=O)CNC(=O)[C@@H](CC(N)=O)CC(C)C. The molecule has 0 aromatic carbocycles. The van der Waals surface area contributed by atoms with E-state index in [1.807, 2.05) is 13.8 Å². The van der Waals surface area contributed by atoms with Gasteiger partial charge in [-0.2, -0.15) is 0 Å². The lowest BCUT2D eigenvalue weighted by atomic mass is 9.93. The van der Waals surface area contributed by atoms with Crippen LogP contribution in [-0.2, 0) is 14.4 Å². The van der Waals surface area contributed by atoms with Gasteiger partial charge in [0.1, 0.15) is 0 Å². The third-order valence-corrected chi connectivity index (χ3v) is 2.28. The zero-order chi connectivity index (χ0) is 13.4. The van der Waals surface area contributed by atoms with E-state index in [2.05, 4.69) is 10.6 Å². The van der Waals surface area contributed by atoms with Crippen LogP contribution in [0.2, 0.25) is 0 Å². The first-order chi connectivity index (χ1) is 7.86. The minimum atomic E-state index is -0.509. The second kappa shape index (κ2) is 7.65. The Morgan fingerprint density at radius 3 is 2.24 bits per heavy atom. The zero-order valence-electron chi connectivity index (χ0n) is 10.6. The summed E-state index contributed by atoms with van der Waals surface area (Å²) in [6, 6.07) is 0. The van der Waals surface area contributed by atoms with Crippen molar-refractivity contribution in [3.8, 4) is 0 Å². The van der Waals surface area contributed by atoms with Crippen molar-refractivity contribution < 1.29 is 14.4 Å². The maximum absolute atomic E-state index is 11.7. The summed E-state index contributed by atoms with van der Waals surface area (Å²) >= 11 is 0. The first kappa shape index (κ1) is 15.4. The Balaban J connectivity index is 4.31. The van der Waals surface area contributed by atoms with Crippen molar-refractivity contribution in [2.75, 3.05) is 13.6 Å². The van der Waals surface area contributed by atoms with Gasteiger partial charge in [0.15, 0.2) is 0 Å². The third kappa shape index (κ3) is 7.32. The molecule has 0 aromatic rings. The first-order valence-corrected chi connectivity index (χ1v) is 5.63. The molecule has 4 N–H and O–H groups in total. The normalized spacial score (nSPS) is 12.0. The number of amides is 3. The van der Waals surface area contributed by atoms with E-state index in [1.54, 1.807) is 0 Å². The molecule has 0 heterocycles. The van der Waals surface area contributed by atoms with Gasteiger partial charge in [-0.1, -0.05) is 13.8 Å². The Morgan fingerprint density at radius 2 is 1.82 bits per heavy atom. The van der Waals surface area contributed by atoms with Crippen LogP contribution in [0.1, 0.15) is 26.7 Å². The molecule has 17 heavy (non-hydrogen) atoms. The molecule has 0 aliphatic carbocycles. The second-order valence-corrected chi connectivity index (χ2v) is 4.39. The molecule has 6 nitrogen and oxygen atoms in total. The van der Waals surface area contributed by atoms with Crippen molar-refractivity contribution in [1.82, 2.24) is 10.6 Å². The summed E-state index contributed by atoms with van der Waals surface area (Å²) in [5, 5.41) is 4.88. The molecule has 98 valence electrons. The largest absolute Gasteiger partial charge is 0.370 e. The summed E-state index contributed by atoms with van der Waals surface area (Å²) in [5.41, 5.74) is 5.09. The van der Waals surface area contributed by atoms with E-state index >= 15 is 0 Å². The van der Waals surface area contributed by atoms with Crippen molar-refractivity contribution in [3.05, 3.63) is 0 Å². The number of hydrogen-bond acceptors (Lipinski definition) is 3.